The van der Waals surface area contributed by atoms with Gasteiger partial charge in [-0.3, -0.25) is 0 Å². The van der Waals surface area contributed by atoms with E-state index in [1.165, 1.54) is 0 Å². The Labute approximate surface area is 97.8 Å². The van der Waals surface area contributed by atoms with Crippen molar-refractivity contribution in [3.8, 4) is 0 Å². The van der Waals surface area contributed by atoms with Gasteiger partial charge in [-0.1, -0.05) is 20.4 Å². The molecule has 3 heteroatoms. The van der Waals surface area contributed by atoms with Crippen LogP contribution in [0.1, 0.15) is 33.6 Å². The summed E-state index contributed by atoms with van der Waals surface area (Å²) < 4.78 is 17.0. The van der Waals surface area contributed by atoms with Crippen molar-refractivity contribution < 1.29 is 14.2 Å². The second-order valence-corrected chi connectivity index (χ2v) is 5.44. The Bertz CT molecular complexity index is 300. The molecule has 0 N–H and O–H groups in total. The van der Waals surface area contributed by atoms with E-state index in [0.717, 1.165) is 18.4 Å². The molecule has 0 saturated carbocycles. The lowest BCUT2D eigenvalue weighted by molar-refractivity contribution is -0.127. The van der Waals surface area contributed by atoms with Crippen LogP contribution in [0.5, 0.6) is 0 Å². The van der Waals surface area contributed by atoms with E-state index in [-0.39, 0.29) is 17.3 Å². The van der Waals surface area contributed by atoms with Crippen LogP contribution in [-0.2, 0) is 14.2 Å². The van der Waals surface area contributed by atoms with Crippen molar-refractivity contribution in [2.24, 2.45) is 5.92 Å². The SMILES string of the molecule is C=C1[C@@H](OCOC)[C@]2(C)CC[C@@]1(C(C)C)O2. The van der Waals surface area contributed by atoms with Crippen molar-refractivity contribution in [2.75, 3.05) is 13.9 Å². The fraction of sp³-hybridized carbons (Fsp3) is 0.846. The topological polar surface area (TPSA) is 27.7 Å². The van der Waals surface area contributed by atoms with Crippen molar-refractivity contribution in [3.05, 3.63) is 12.2 Å². The molecule has 0 aromatic rings. The summed E-state index contributed by atoms with van der Waals surface area (Å²) in [6.07, 6.45) is 2.08. The Balaban J connectivity index is 2.22. The van der Waals surface area contributed by atoms with E-state index in [4.69, 9.17) is 14.2 Å². The van der Waals surface area contributed by atoms with Crippen molar-refractivity contribution in [2.45, 2.75) is 50.9 Å². The molecule has 0 aromatic heterocycles. The van der Waals surface area contributed by atoms with Crippen molar-refractivity contribution in [3.63, 3.8) is 0 Å². The molecule has 0 aliphatic carbocycles. The Morgan fingerprint density at radius 1 is 1.50 bits per heavy atom. The molecule has 16 heavy (non-hydrogen) atoms. The lowest BCUT2D eigenvalue weighted by Crippen LogP contribution is -2.41. The first-order valence-electron chi connectivity index (χ1n) is 5.96. The zero-order valence-electron chi connectivity index (χ0n) is 10.7. The van der Waals surface area contributed by atoms with Crippen LogP contribution in [-0.4, -0.2) is 31.2 Å². The molecule has 0 amide bonds. The molecule has 0 unspecified atom stereocenters. The number of fused-ring (bicyclic) bond motifs is 2. The third kappa shape index (κ3) is 1.45. The highest BCUT2D eigenvalue weighted by Gasteiger charge is 2.63. The van der Waals surface area contributed by atoms with E-state index in [1.807, 2.05) is 0 Å². The van der Waals surface area contributed by atoms with E-state index in [0.29, 0.717) is 12.7 Å². The normalized spacial score (nSPS) is 42.3. The fourth-order valence-electron chi connectivity index (χ4n) is 3.14. The second-order valence-electron chi connectivity index (χ2n) is 5.44. The minimum absolute atomic E-state index is 0.0244. The summed E-state index contributed by atoms with van der Waals surface area (Å²) in [5.41, 5.74) is 0.709. The molecule has 0 aromatic carbocycles. The van der Waals surface area contributed by atoms with Crippen LogP contribution in [0.25, 0.3) is 0 Å². The predicted octanol–water partition coefficient (Wildman–Crippen LogP) is 2.51. The lowest BCUT2D eigenvalue weighted by atomic mass is 9.72. The van der Waals surface area contributed by atoms with Gasteiger partial charge >= 0.3 is 0 Å². The van der Waals surface area contributed by atoms with Gasteiger partial charge < -0.3 is 14.2 Å². The molecule has 2 aliphatic heterocycles. The van der Waals surface area contributed by atoms with Crippen molar-refractivity contribution in [1.29, 1.82) is 0 Å². The summed E-state index contributed by atoms with van der Waals surface area (Å²) in [4.78, 5) is 0. The number of hydrogen-bond donors (Lipinski definition) is 0. The lowest BCUT2D eigenvalue weighted by Gasteiger charge is -2.33. The van der Waals surface area contributed by atoms with E-state index >= 15 is 0 Å². The smallest absolute Gasteiger partial charge is 0.147 e. The summed E-state index contributed by atoms with van der Waals surface area (Å²) in [6.45, 7) is 11.0. The number of methoxy groups -OCH3 is 1. The first kappa shape index (κ1) is 12.1. The quantitative estimate of drug-likeness (QED) is 0.544. The van der Waals surface area contributed by atoms with Gasteiger partial charge in [-0.2, -0.15) is 0 Å². The number of ether oxygens (including phenoxy) is 3. The summed E-state index contributed by atoms with van der Waals surface area (Å²) in [5, 5.41) is 0. The van der Waals surface area contributed by atoms with Gasteiger partial charge in [0, 0.05) is 7.11 Å². The first-order chi connectivity index (χ1) is 7.46. The highest BCUT2D eigenvalue weighted by Crippen LogP contribution is 2.57. The van der Waals surface area contributed by atoms with E-state index in [2.05, 4.69) is 27.4 Å². The van der Waals surface area contributed by atoms with Gasteiger partial charge in [0.25, 0.3) is 0 Å². The summed E-state index contributed by atoms with van der Waals surface area (Å²) in [7, 11) is 1.64. The Morgan fingerprint density at radius 2 is 2.19 bits per heavy atom. The van der Waals surface area contributed by atoms with Gasteiger partial charge in [-0.05, 0) is 31.3 Å². The highest BCUT2D eigenvalue weighted by molar-refractivity contribution is 5.33. The van der Waals surface area contributed by atoms with Gasteiger partial charge in [0.1, 0.15) is 12.9 Å². The van der Waals surface area contributed by atoms with Gasteiger partial charge in [-0.15, -0.1) is 0 Å². The van der Waals surface area contributed by atoms with Crippen LogP contribution >= 0.6 is 0 Å². The number of hydrogen-bond acceptors (Lipinski definition) is 3. The molecule has 0 radical (unpaired) electrons. The predicted molar refractivity (Wildman–Crippen MR) is 62.2 cm³/mol. The third-order valence-corrected chi connectivity index (χ3v) is 4.11. The summed E-state index contributed by atoms with van der Waals surface area (Å²) >= 11 is 0. The van der Waals surface area contributed by atoms with E-state index in [1.54, 1.807) is 7.11 Å². The molecular weight excluding hydrogens is 204 g/mol. The molecule has 2 bridgehead atoms. The Hall–Kier alpha value is -0.380. The van der Waals surface area contributed by atoms with Crippen LogP contribution in [0.15, 0.2) is 12.2 Å². The zero-order chi connectivity index (χ0) is 12.0. The van der Waals surface area contributed by atoms with Crippen LogP contribution in [0.2, 0.25) is 0 Å². The molecule has 92 valence electrons. The Morgan fingerprint density at radius 3 is 2.69 bits per heavy atom. The molecule has 3 atom stereocenters. The summed E-state index contributed by atoms with van der Waals surface area (Å²) in [5.74, 6) is 0.443. The largest absolute Gasteiger partial charge is 0.361 e. The van der Waals surface area contributed by atoms with Crippen LogP contribution < -0.4 is 0 Å². The highest BCUT2D eigenvalue weighted by atomic mass is 16.7. The van der Waals surface area contributed by atoms with Crippen LogP contribution in [0.3, 0.4) is 0 Å². The molecule has 3 nitrogen and oxygen atoms in total. The van der Waals surface area contributed by atoms with Gasteiger partial charge in [0.2, 0.25) is 0 Å². The maximum Gasteiger partial charge on any atom is 0.147 e. The fourth-order valence-corrected chi connectivity index (χ4v) is 3.14. The molecule has 2 aliphatic rings. The average Bonchev–Trinajstić information content (AvgIpc) is 2.67. The van der Waals surface area contributed by atoms with E-state index in [9.17, 15) is 0 Å². The van der Waals surface area contributed by atoms with Crippen molar-refractivity contribution in [1.82, 2.24) is 0 Å². The standard InChI is InChI=1S/C13H22O3/c1-9(2)13-7-6-12(4,16-13)11(10(13)3)15-8-14-5/h9,11H,3,6-8H2,1-2,4-5H3/t11-,12+,13+/m1/s1. The minimum Gasteiger partial charge on any atom is -0.361 e. The van der Waals surface area contributed by atoms with Crippen LogP contribution in [0, 0.1) is 5.92 Å². The van der Waals surface area contributed by atoms with Gasteiger partial charge in [-0.25, -0.2) is 0 Å². The molecule has 2 heterocycles. The molecular formula is C13H22O3. The molecule has 2 fully saturated rings. The Kier molecular flexibility index (Phi) is 2.89. The van der Waals surface area contributed by atoms with Gasteiger partial charge in [0.05, 0.1) is 11.2 Å². The monoisotopic (exact) mass is 226 g/mol. The van der Waals surface area contributed by atoms with Gasteiger partial charge in [0.15, 0.2) is 0 Å². The summed E-state index contributed by atoms with van der Waals surface area (Å²) in [6, 6.07) is 0. The molecule has 2 saturated heterocycles. The zero-order valence-corrected chi connectivity index (χ0v) is 10.7. The third-order valence-electron chi connectivity index (χ3n) is 4.11. The maximum atomic E-state index is 6.25. The first-order valence-corrected chi connectivity index (χ1v) is 5.96. The molecule has 0 spiro atoms. The molecule has 2 rings (SSSR count). The maximum absolute atomic E-state index is 6.25. The van der Waals surface area contributed by atoms with Crippen molar-refractivity contribution >= 4 is 0 Å². The minimum atomic E-state index is -0.208. The van der Waals surface area contributed by atoms with E-state index < -0.39 is 0 Å². The van der Waals surface area contributed by atoms with Crippen LogP contribution in [0.4, 0.5) is 0 Å². The number of rotatable bonds is 4. The second kappa shape index (κ2) is 3.83. The average molecular weight is 226 g/mol.